The minimum absolute atomic E-state index is 0.158. The van der Waals surface area contributed by atoms with E-state index >= 15 is 0 Å². The smallest absolute Gasteiger partial charge is 0.336 e. The number of carboxylic acids is 2. The molecule has 0 fully saturated rings. The molecule has 3 aromatic rings. The molecular weight excluding hydrogens is 444 g/mol. The second kappa shape index (κ2) is 10.5. The van der Waals surface area contributed by atoms with Crippen LogP contribution in [0.4, 0.5) is 11.4 Å². The number of anilines is 2. The third kappa shape index (κ3) is 6.44. The third-order valence-electron chi connectivity index (χ3n) is 4.54. The zero-order valence-electron chi connectivity index (χ0n) is 17.5. The number of hydrogen-bond donors (Lipinski definition) is 4. The highest BCUT2D eigenvalue weighted by atomic mass is 32.2. The van der Waals surface area contributed by atoms with Crippen LogP contribution in [0.3, 0.4) is 0 Å². The number of rotatable bonds is 8. The normalized spacial score (nSPS) is 10.3. The maximum absolute atomic E-state index is 12.6. The summed E-state index contributed by atoms with van der Waals surface area (Å²) in [6, 6.07) is 17.5. The zero-order valence-corrected chi connectivity index (χ0v) is 18.3. The van der Waals surface area contributed by atoms with Gasteiger partial charge in [0.2, 0.25) is 5.91 Å². The van der Waals surface area contributed by atoms with Gasteiger partial charge in [-0.1, -0.05) is 23.8 Å². The molecule has 33 heavy (non-hydrogen) atoms. The summed E-state index contributed by atoms with van der Waals surface area (Å²) >= 11 is 1.28. The average Bonchev–Trinajstić information content (AvgIpc) is 2.79. The Kier molecular flexibility index (Phi) is 7.47. The molecule has 0 saturated heterocycles. The molecule has 0 spiro atoms. The number of carbonyl (C=O) groups is 4. The minimum atomic E-state index is -1.41. The number of carbonyl (C=O) groups excluding carboxylic acids is 2. The van der Waals surface area contributed by atoms with Crippen LogP contribution in [0.2, 0.25) is 0 Å². The summed E-state index contributed by atoms with van der Waals surface area (Å²) in [4.78, 5) is 48.1. The molecule has 0 saturated carbocycles. The van der Waals surface area contributed by atoms with Crippen LogP contribution < -0.4 is 10.6 Å². The lowest BCUT2D eigenvalue weighted by molar-refractivity contribution is -0.113. The molecule has 0 aromatic heterocycles. The van der Waals surface area contributed by atoms with Gasteiger partial charge in [-0.05, 0) is 55.5 Å². The zero-order chi connectivity index (χ0) is 24.0. The van der Waals surface area contributed by atoms with E-state index in [1.165, 1.54) is 17.8 Å². The van der Waals surface area contributed by atoms with E-state index in [0.717, 1.165) is 22.6 Å². The Morgan fingerprint density at radius 1 is 0.788 bits per heavy atom. The van der Waals surface area contributed by atoms with Crippen LogP contribution in [0.25, 0.3) is 0 Å². The van der Waals surface area contributed by atoms with Crippen molar-refractivity contribution in [2.45, 2.75) is 11.8 Å². The minimum Gasteiger partial charge on any atom is -0.478 e. The highest BCUT2D eigenvalue weighted by Gasteiger charge is 2.19. The van der Waals surface area contributed by atoms with Crippen LogP contribution in [0, 0.1) is 6.92 Å². The molecule has 2 amide bonds. The summed E-state index contributed by atoms with van der Waals surface area (Å²) in [7, 11) is 0. The Labute approximate surface area is 193 Å². The summed E-state index contributed by atoms with van der Waals surface area (Å²) in [5, 5.41) is 23.8. The monoisotopic (exact) mass is 464 g/mol. The number of aryl methyl sites for hydroxylation is 1. The summed E-state index contributed by atoms with van der Waals surface area (Å²) < 4.78 is 0. The molecule has 168 valence electrons. The van der Waals surface area contributed by atoms with Crippen molar-refractivity contribution in [3.63, 3.8) is 0 Å². The summed E-state index contributed by atoms with van der Waals surface area (Å²) in [6.45, 7) is 1.96. The molecule has 0 aliphatic rings. The van der Waals surface area contributed by atoms with Gasteiger partial charge in [0, 0.05) is 16.3 Å². The van der Waals surface area contributed by atoms with Crippen molar-refractivity contribution in [1.29, 1.82) is 0 Å². The first kappa shape index (κ1) is 23.6. The van der Waals surface area contributed by atoms with E-state index in [2.05, 4.69) is 10.6 Å². The molecule has 0 aliphatic carbocycles. The molecule has 0 atom stereocenters. The first-order valence-electron chi connectivity index (χ1n) is 9.74. The first-order chi connectivity index (χ1) is 15.7. The lowest BCUT2D eigenvalue weighted by atomic mass is 10.0. The summed E-state index contributed by atoms with van der Waals surface area (Å²) in [6.07, 6.45) is 0. The fourth-order valence-electron chi connectivity index (χ4n) is 2.90. The van der Waals surface area contributed by atoms with Crippen LogP contribution >= 0.6 is 11.8 Å². The van der Waals surface area contributed by atoms with Crippen molar-refractivity contribution >= 4 is 46.9 Å². The van der Waals surface area contributed by atoms with Gasteiger partial charge in [0.25, 0.3) is 5.91 Å². The van der Waals surface area contributed by atoms with Crippen LogP contribution in [0.15, 0.2) is 71.6 Å². The molecule has 0 bridgehead atoms. The standard InChI is InChI=1S/C24H20N2O6S/c1-14-5-8-16(9-6-14)25-21(27)13-33-18-4-2-3-17(12-18)26-22(28)19-10-7-15(23(29)30)11-20(19)24(31)32/h2-12H,13H2,1H3,(H,25,27)(H,26,28)(H,29,30)(H,31,32). The highest BCUT2D eigenvalue weighted by molar-refractivity contribution is 8.00. The second-order valence-corrected chi connectivity index (χ2v) is 8.10. The van der Waals surface area contributed by atoms with Gasteiger partial charge in [-0.3, -0.25) is 9.59 Å². The Balaban J connectivity index is 1.65. The van der Waals surface area contributed by atoms with E-state index in [9.17, 15) is 24.3 Å². The molecule has 0 aliphatic heterocycles. The van der Waals surface area contributed by atoms with Crippen molar-refractivity contribution in [3.8, 4) is 0 Å². The van der Waals surface area contributed by atoms with Gasteiger partial charge in [0.1, 0.15) is 0 Å². The van der Waals surface area contributed by atoms with Crippen LogP contribution in [-0.4, -0.2) is 39.7 Å². The topological polar surface area (TPSA) is 133 Å². The van der Waals surface area contributed by atoms with Crippen molar-refractivity contribution in [2.75, 3.05) is 16.4 Å². The number of nitrogens with one attached hydrogen (secondary N) is 2. The van der Waals surface area contributed by atoms with E-state index in [0.29, 0.717) is 11.4 Å². The third-order valence-corrected chi connectivity index (χ3v) is 5.53. The number of hydrogen-bond acceptors (Lipinski definition) is 5. The van der Waals surface area contributed by atoms with E-state index in [-0.39, 0.29) is 22.8 Å². The number of aromatic carboxylic acids is 2. The number of thioether (sulfide) groups is 1. The van der Waals surface area contributed by atoms with Gasteiger partial charge in [-0.2, -0.15) is 0 Å². The molecule has 9 heteroatoms. The fraction of sp³-hybridized carbons (Fsp3) is 0.0833. The van der Waals surface area contributed by atoms with Crippen LogP contribution in [0.5, 0.6) is 0 Å². The molecule has 4 N–H and O–H groups in total. The number of carboxylic acid groups (broad SMARTS) is 2. The Hall–Kier alpha value is -4.11. The van der Waals surface area contributed by atoms with Gasteiger partial charge >= 0.3 is 11.9 Å². The SMILES string of the molecule is Cc1ccc(NC(=O)CSc2cccc(NC(=O)c3ccc(C(=O)O)cc3C(=O)O)c2)cc1. The predicted molar refractivity (Wildman–Crippen MR) is 125 cm³/mol. The maximum Gasteiger partial charge on any atom is 0.336 e. The Morgan fingerprint density at radius 3 is 2.18 bits per heavy atom. The molecule has 0 heterocycles. The second-order valence-electron chi connectivity index (χ2n) is 7.06. The van der Waals surface area contributed by atoms with E-state index in [4.69, 9.17) is 5.11 Å². The number of amides is 2. The largest absolute Gasteiger partial charge is 0.478 e. The van der Waals surface area contributed by atoms with Gasteiger partial charge in [0.05, 0.1) is 22.4 Å². The molecule has 0 unspecified atom stereocenters. The highest BCUT2D eigenvalue weighted by Crippen LogP contribution is 2.23. The average molecular weight is 464 g/mol. The van der Waals surface area contributed by atoms with Crippen LogP contribution in [0.1, 0.15) is 36.6 Å². The molecule has 3 aromatic carbocycles. The quantitative estimate of drug-likeness (QED) is 0.364. The van der Waals surface area contributed by atoms with Gasteiger partial charge in [0.15, 0.2) is 0 Å². The predicted octanol–water partition coefficient (Wildman–Crippen LogP) is 4.37. The van der Waals surface area contributed by atoms with E-state index < -0.39 is 23.4 Å². The Morgan fingerprint density at radius 2 is 1.52 bits per heavy atom. The van der Waals surface area contributed by atoms with Crippen molar-refractivity contribution in [2.24, 2.45) is 0 Å². The lowest BCUT2D eigenvalue weighted by Crippen LogP contribution is -2.17. The van der Waals surface area contributed by atoms with E-state index in [1.54, 1.807) is 24.3 Å². The molecular formula is C24H20N2O6S. The van der Waals surface area contributed by atoms with Crippen molar-refractivity contribution in [1.82, 2.24) is 0 Å². The maximum atomic E-state index is 12.6. The van der Waals surface area contributed by atoms with Gasteiger partial charge in [-0.15, -0.1) is 11.8 Å². The summed E-state index contributed by atoms with van der Waals surface area (Å²) in [5.74, 6) is -3.41. The van der Waals surface area contributed by atoms with Gasteiger partial charge in [-0.25, -0.2) is 9.59 Å². The van der Waals surface area contributed by atoms with Gasteiger partial charge < -0.3 is 20.8 Å². The van der Waals surface area contributed by atoms with E-state index in [1.807, 2.05) is 31.2 Å². The van der Waals surface area contributed by atoms with Crippen LogP contribution in [-0.2, 0) is 4.79 Å². The summed E-state index contributed by atoms with van der Waals surface area (Å²) in [5.41, 5.74) is 1.40. The molecule has 3 rings (SSSR count). The van der Waals surface area contributed by atoms with Crippen molar-refractivity contribution < 1.29 is 29.4 Å². The molecule has 8 nitrogen and oxygen atoms in total. The lowest BCUT2D eigenvalue weighted by Gasteiger charge is -2.10. The Bertz CT molecular complexity index is 1220. The number of benzene rings is 3. The molecule has 0 radical (unpaired) electrons. The fourth-order valence-corrected chi connectivity index (χ4v) is 3.65. The first-order valence-corrected chi connectivity index (χ1v) is 10.7. The van der Waals surface area contributed by atoms with Crippen molar-refractivity contribution in [3.05, 3.63) is 89.0 Å².